The average Bonchev–Trinajstić information content (AvgIpc) is 2.03. The molecule has 0 saturated heterocycles. The Hall–Kier alpha value is -0.0800. The van der Waals surface area contributed by atoms with E-state index in [9.17, 15) is 0 Å². The maximum Gasteiger partial charge on any atom is 0.0591 e. The highest BCUT2D eigenvalue weighted by atomic mass is 15.2. The van der Waals surface area contributed by atoms with E-state index in [2.05, 4.69) is 38.2 Å². The number of hydrogen-bond donors (Lipinski definition) is 1. The predicted octanol–water partition coefficient (Wildman–Crippen LogP) is 2.06. The minimum Gasteiger partial charge on any atom is -0.302 e. The quantitative estimate of drug-likeness (QED) is 0.467. The number of nitrogens with zero attached hydrogens (tertiary/aromatic N) is 1. The van der Waals surface area contributed by atoms with Gasteiger partial charge >= 0.3 is 0 Å². The van der Waals surface area contributed by atoms with Crippen molar-refractivity contribution in [2.75, 3.05) is 20.6 Å². The largest absolute Gasteiger partial charge is 0.302 e. The van der Waals surface area contributed by atoms with E-state index in [1.54, 1.807) is 0 Å². The Morgan fingerprint density at radius 2 is 1.83 bits per heavy atom. The minimum atomic E-state index is 0.571. The van der Waals surface area contributed by atoms with E-state index in [1.165, 1.54) is 25.7 Å². The highest BCUT2D eigenvalue weighted by Gasteiger charge is 2.07. The third kappa shape index (κ3) is 5.56. The van der Waals surface area contributed by atoms with E-state index < -0.39 is 0 Å². The minimum absolute atomic E-state index is 0.571. The molecule has 0 aliphatic carbocycles. The fourth-order valence-electron chi connectivity index (χ4n) is 1.37. The van der Waals surface area contributed by atoms with Gasteiger partial charge in [-0.1, -0.05) is 33.1 Å². The first-order valence-corrected chi connectivity index (χ1v) is 5.12. The normalized spacial score (nSPS) is 13.8. The summed E-state index contributed by atoms with van der Waals surface area (Å²) in [5.41, 5.74) is 0. The molecule has 0 bridgehead atoms. The second kappa shape index (κ2) is 7.56. The first-order valence-electron chi connectivity index (χ1n) is 5.12. The molecular weight excluding hydrogens is 148 g/mol. The van der Waals surface area contributed by atoms with Crippen molar-refractivity contribution in [3.63, 3.8) is 0 Å². The highest BCUT2D eigenvalue weighted by molar-refractivity contribution is 4.62. The summed E-state index contributed by atoms with van der Waals surface area (Å²) < 4.78 is 0. The van der Waals surface area contributed by atoms with Crippen molar-refractivity contribution in [1.29, 1.82) is 0 Å². The topological polar surface area (TPSA) is 15.3 Å². The predicted molar refractivity (Wildman–Crippen MR) is 55.3 cm³/mol. The second-order valence-electron chi connectivity index (χ2n) is 3.53. The molecular formula is C10H24N2. The molecule has 0 aromatic heterocycles. The smallest absolute Gasteiger partial charge is 0.0591 e. The second-order valence-corrected chi connectivity index (χ2v) is 3.53. The molecule has 12 heavy (non-hydrogen) atoms. The Balaban J connectivity index is 3.49. The molecule has 0 aliphatic heterocycles. The van der Waals surface area contributed by atoms with E-state index in [0.29, 0.717) is 6.17 Å². The van der Waals surface area contributed by atoms with Gasteiger partial charge in [-0.15, -0.1) is 0 Å². The summed E-state index contributed by atoms with van der Waals surface area (Å²) in [5.74, 6) is 0. The molecule has 2 heteroatoms. The van der Waals surface area contributed by atoms with Gasteiger partial charge in [-0.25, -0.2) is 0 Å². The summed E-state index contributed by atoms with van der Waals surface area (Å²) in [6.45, 7) is 5.48. The van der Waals surface area contributed by atoms with Gasteiger partial charge in [0.1, 0.15) is 0 Å². The maximum atomic E-state index is 3.47. The SMILES string of the molecule is CCCCCC(NCC)N(C)C. The lowest BCUT2D eigenvalue weighted by atomic mass is 10.1. The van der Waals surface area contributed by atoms with Crippen LogP contribution in [0.1, 0.15) is 39.5 Å². The zero-order chi connectivity index (χ0) is 9.40. The van der Waals surface area contributed by atoms with Crippen molar-refractivity contribution in [1.82, 2.24) is 10.2 Å². The first kappa shape index (κ1) is 11.9. The van der Waals surface area contributed by atoms with Crippen LogP contribution >= 0.6 is 0 Å². The van der Waals surface area contributed by atoms with Crippen LogP contribution in [-0.2, 0) is 0 Å². The number of rotatable bonds is 7. The van der Waals surface area contributed by atoms with E-state index in [0.717, 1.165) is 6.54 Å². The van der Waals surface area contributed by atoms with E-state index in [-0.39, 0.29) is 0 Å². The van der Waals surface area contributed by atoms with E-state index >= 15 is 0 Å². The molecule has 2 nitrogen and oxygen atoms in total. The van der Waals surface area contributed by atoms with Crippen LogP contribution in [0.2, 0.25) is 0 Å². The third-order valence-electron chi connectivity index (χ3n) is 2.14. The highest BCUT2D eigenvalue weighted by Crippen LogP contribution is 2.04. The lowest BCUT2D eigenvalue weighted by Gasteiger charge is -2.24. The number of hydrogen-bond acceptors (Lipinski definition) is 2. The summed E-state index contributed by atoms with van der Waals surface area (Å²) in [7, 11) is 4.28. The van der Waals surface area contributed by atoms with Crippen LogP contribution in [0.25, 0.3) is 0 Å². The summed E-state index contributed by atoms with van der Waals surface area (Å²) in [6.07, 6.45) is 5.85. The molecule has 0 heterocycles. The Morgan fingerprint density at radius 1 is 1.17 bits per heavy atom. The lowest BCUT2D eigenvalue weighted by Crippen LogP contribution is -2.41. The zero-order valence-electron chi connectivity index (χ0n) is 9.06. The van der Waals surface area contributed by atoms with Crippen molar-refractivity contribution >= 4 is 0 Å². The molecule has 0 rings (SSSR count). The monoisotopic (exact) mass is 172 g/mol. The van der Waals surface area contributed by atoms with Gasteiger partial charge < -0.3 is 5.32 Å². The summed E-state index contributed by atoms with van der Waals surface area (Å²) in [6, 6.07) is 0. The van der Waals surface area contributed by atoms with Gasteiger partial charge in [-0.3, -0.25) is 4.90 Å². The van der Waals surface area contributed by atoms with Crippen LogP contribution in [0.15, 0.2) is 0 Å². The molecule has 0 saturated carbocycles. The van der Waals surface area contributed by atoms with Crippen molar-refractivity contribution in [3.05, 3.63) is 0 Å². The van der Waals surface area contributed by atoms with E-state index in [4.69, 9.17) is 0 Å². The van der Waals surface area contributed by atoms with Crippen LogP contribution in [-0.4, -0.2) is 31.7 Å². The number of nitrogens with one attached hydrogen (secondary N) is 1. The van der Waals surface area contributed by atoms with Crippen LogP contribution in [0, 0.1) is 0 Å². The van der Waals surface area contributed by atoms with Gasteiger partial charge in [-0.2, -0.15) is 0 Å². The molecule has 0 spiro atoms. The van der Waals surface area contributed by atoms with Crippen molar-refractivity contribution in [2.45, 2.75) is 45.7 Å². The molecule has 0 radical (unpaired) electrons. The van der Waals surface area contributed by atoms with Gasteiger partial charge in [0.15, 0.2) is 0 Å². The maximum absolute atomic E-state index is 3.47. The van der Waals surface area contributed by atoms with Crippen LogP contribution in [0.5, 0.6) is 0 Å². The zero-order valence-corrected chi connectivity index (χ0v) is 9.06. The molecule has 0 amide bonds. The fraction of sp³-hybridized carbons (Fsp3) is 1.00. The molecule has 1 atom stereocenters. The Labute approximate surface area is 77.3 Å². The van der Waals surface area contributed by atoms with Gasteiger partial charge in [-0.05, 0) is 27.1 Å². The van der Waals surface area contributed by atoms with Gasteiger partial charge in [0.05, 0.1) is 6.17 Å². The van der Waals surface area contributed by atoms with Crippen LogP contribution < -0.4 is 5.32 Å². The summed E-state index contributed by atoms with van der Waals surface area (Å²) in [5, 5.41) is 3.47. The molecule has 0 aliphatic rings. The molecule has 0 fully saturated rings. The summed E-state index contributed by atoms with van der Waals surface area (Å²) >= 11 is 0. The Bertz CT molecular complexity index is 91.8. The first-order chi connectivity index (χ1) is 5.72. The Morgan fingerprint density at radius 3 is 2.25 bits per heavy atom. The standard InChI is InChI=1S/C10H24N2/c1-5-7-8-9-10(11-6-2)12(3)4/h10-11H,5-9H2,1-4H3. The van der Waals surface area contributed by atoms with Crippen LogP contribution in [0.4, 0.5) is 0 Å². The lowest BCUT2D eigenvalue weighted by molar-refractivity contribution is 0.231. The molecule has 0 aromatic carbocycles. The van der Waals surface area contributed by atoms with Crippen molar-refractivity contribution in [2.24, 2.45) is 0 Å². The average molecular weight is 172 g/mol. The Kier molecular flexibility index (Phi) is 7.51. The van der Waals surface area contributed by atoms with Gasteiger partial charge in [0.2, 0.25) is 0 Å². The molecule has 1 unspecified atom stereocenters. The van der Waals surface area contributed by atoms with E-state index in [1.807, 2.05) is 0 Å². The molecule has 1 N–H and O–H groups in total. The summed E-state index contributed by atoms with van der Waals surface area (Å²) in [4.78, 5) is 2.26. The molecule has 0 aromatic rings. The number of unbranched alkanes of at least 4 members (excludes halogenated alkanes) is 2. The van der Waals surface area contributed by atoms with Gasteiger partial charge in [0.25, 0.3) is 0 Å². The van der Waals surface area contributed by atoms with Gasteiger partial charge in [0, 0.05) is 0 Å². The van der Waals surface area contributed by atoms with Crippen molar-refractivity contribution in [3.8, 4) is 0 Å². The fourth-order valence-corrected chi connectivity index (χ4v) is 1.37. The van der Waals surface area contributed by atoms with Crippen molar-refractivity contribution < 1.29 is 0 Å². The third-order valence-corrected chi connectivity index (χ3v) is 2.14. The van der Waals surface area contributed by atoms with Crippen LogP contribution in [0.3, 0.4) is 0 Å². The molecule has 74 valence electrons.